The third-order valence-corrected chi connectivity index (χ3v) is 3.14. The van der Waals surface area contributed by atoms with E-state index in [9.17, 15) is 9.59 Å². The topological polar surface area (TPSA) is 103 Å². The van der Waals surface area contributed by atoms with Gasteiger partial charge in [0.2, 0.25) is 0 Å². The molecule has 0 radical (unpaired) electrons. The van der Waals surface area contributed by atoms with E-state index in [0.717, 1.165) is 0 Å². The highest BCUT2D eigenvalue weighted by Gasteiger charge is 2.23. The number of aliphatic hydroxyl groups is 1. The van der Waals surface area contributed by atoms with Gasteiger partial charge in [0.25, 0.3) is 5.91 Å². The molecule has 0 aromatic heterocycles. The number of aliphatic hydroxyl groups excluding tert-OH is 1. The lowest BCUT2D eigenvalue weighted by molar-refractivity contribution is -0.138. The molecule has 7 nitrogen and oxygen atoms in total. The number of nitriles is 1. The standard InChI is InChI=1S/C16H21N3O4/c1-12(15(21)19(2)10-5-8-17)23-16(22)13-6-3-4-7-14(13)18-9-11-20/h3-4,6-7,12,18,20H,5,9-11H2,1-2H3/t12-/m0/s1. The molecule has 0 heterocycles. The van der Waals surface area contributed by atoms with Gasteiger partial charge >= 0.3 is 5.97 Å². The van der Waals surface area contributed by atoms with Crippen LogP contribution in [0, 0.1) is 11.3 Å². The summed E-state index contributed by atoms with van der Waals surface area (Å²) in [6.07, 6.45) is -0.728. The minimum atomic E-state index is -0.947. The number of rotatable bonds is 8. The van der Waals surface area contributed by atoms with Crippen LogP contribution in [0.4, 0.5) is 5.69 Å². The van der Waals surface area contributed by atoms with Crippen LogP contribution in [0.5, 0.6) is 0 Å². The lowest BCUT2D eigenvalue weighted by Crippen LogP contribution is -2.38. The summed E-state index contributed by atoms with van der Waals surface area (Å²) < 4.78 is 5.20. The number of esters is 1. The fourth-order valence-electron chi connectivity index (χ4n) is 1.92. The average Bonchev–Trinajstić information content (AvgIpc) is 2.57. The van der Waals surface area contributed by atoms with Crippen LogP contribution in [0.25, 0.3) is 0 Å². The first-order valence-corrected chi connectivity index (χ1v) is 7.28. The molecule has 124 valence electrons. The zero-order valence-corrected chi connectivity index (χ0v) is 13.3. The largest absolute Gasteiger partial charge is 0.449 e. The minimum absolute atomic E-state index is 0.0675. The SMILES string of the molecule is C[C@H](OC(=O)c1ccccc1NCCO)C(=O)N(C)CCC#N. The maximum atomic E-state index is 12.2. The first-order chi connectivity index (χ1) is 11.0. The van der Waals surface area contributed by atoms with E-state index in [1.165, 1.54) is 11.8 Å². The Balaban J connectivity index is 2.72. The Morgan fingerprint density at radius 3 is 2.78 bits per heavy atom. The van der Waals surface area contributed by atoms with E-state index >= 15 is 0 Å². The Bertz CT molecular complexity index is 583. The van der Waals surface area contributed by atoms with E-state index in [1.807, 2.05) is 6.07 Å². The van der Waals surface area contributed by atoms with Crippen LogP contribution < -0.4 is 5.32 Å². The molecule has 1 atom stereocenters. The number of ether oxygens (including phenoxy) is 1. The second-order valence-corrected chi connectivity index (χ2v) is 4.91. The molecule has 0 unspecified atom stereocenters. The number of nitrogens with one attached hydrogen (secondary N) is 1. The van der Waals surface area contributed by atoms with Crippen molar-refractivity contribution in [2.75, 3.05) is 32.1 Å². The van der Waals surface area contributed by atoms with E-state index in [0.29, 0.717) is 17.8 Å². The number of carbonyl (C=O) groups excluding carboxylic acids is 2. The smallest absolute Gasteiger partial charge is 0.341 e. The number of benzene rings is 1. The van der Waals surface area contributed by atoms with Crippen molar-refractivity contribution in [1.82, 2.24) is 4.90 Å². The fraction of sp³-hybridized carbons (Fsp3) is 0.438. The summed E-state index contributed by atoms with van der Waals surface area (Å²) in [5.74, 6) is -0.991. The number of likely N-dealkylation sites (N-methyl/N-ethyl adjacent to an activating group) is 1. The summed E-state index contributed by atoms with van der Waals surface area (Å²) in [4.78, 5) is 25.7. The minimum Gasteiger partial charge on any atom is -0.449 e. The van der Waals surface area contributed by atoms with Gasteiger partial charge in [-0.05, 0) is 19.1 Å². The van der Waals surface area contributed by atoms with Crippen LogP contribution in [-0.2, 0) is 9.53 Å². The Labute approximate surface area is 135 Å². The first kappa shape index (κ1) is 18.5. The van der Waals surface area contributed by atoms with E-state index in [-0.39, 0.29) is 25.5 Å². The van der Waals surface area contributed by atoms with Gasteiger partial charge in [0.15, 0.2) is 6.10 Å². The second-order valence-electron chi connectivity index (χ2n) is 4.91. The van der Waals surface area contributed by atoms with Gasteiger partial charge in [-0.2, -0.15) is 5.26 Å². The van der Waals surface area contributed by atoms with Crippen LogP contribution in [0.2, 0.25) is 0 Å². The van der Waals surface area contributed by atoms with Crippen molar-refractivity contribution in [3.05, 3.63) is 29.8 Å². The van der Waals surface area contributed by atoms with Crippen molar-refractivity contribution in [3.8, 4) is 6.07 Å². The van der Waals surface area contributed by atoms with Crippen LogP contribution in [-0.4, -0.2) is 54.7 Å². The first-order valence-electron chi connectivity index (χ1n) is 7.28. The highest BCUT2D eigenvalue weighted by atomic mass is 16.5. The Hall–Kier alpha value is -2.59. The average molecular weight is 319 g/mol. The monoisotopic (exact) mass is 319 g/mol. The van der Waals surface area contributed by atoms with E-state index < -0.39 is 12.1 Å². The van der Waals surface area contributed by atoms with Gasteiger partial charge in [0.1, 0.15) is 0 Å². The number of hydrogen-bond acceptors (Lipinski definition) is 6. The fourth-order valence-corrected chi connectivity index (χ4v) is 1.92. The van der Waals surface area contributed by atoms with Crippen LogP contribution in [0.1, 0.15) is 23.7 Å². The lowest BCUT2D eigenvalue weighted by Gasteiger charge is -2.21. The van der Waals surface area contributed by atoms with Crippen molar-refractivity contribution in [3.63, 3.8) is 0 Å². The molecule has 2 N–H and O–H groups in total. The Morgan fingerprint density at radius 2 is 2.13 bits per heavy atom. The maximum Gasteiger partial charge on any atom is 0.341 e. The third-order valence-electron chi connectivity index (χ3n) is 3.14. The number of carbonyl (C=O) groups is 2. The van der Waals surface area contributed by atoms with Crippen molar-refractivity contribution >= 4 is 17.6 Å². The zero-order valence-electron chi connectivity index (χ0n) is 13.3. The number of hydrogen-bond donors (Lipinski definition) is 2. The number of amides is 1. The molecule has 1 amide bonds. The molecule has 0 aliphatic heterocycles. The predicted octanol–water partition coefficient (Wildman–Crippen LogP) is 1.01. The van der Waals surface area contributed by atoms with Crippen molar-refractivity contribution < 1.29 is 19.4 Å². The summed E-state index contributed by atoms with van der Waals surface area (Å²) >= 11 is 0. The van der Waals surface area contributed by atoms with Crippen molar-refractivity contribution in [2.24, 2.45) is 0 Å². The van der Waals surface area contributed by atoms with Gasteiger partial charge in [-0.3, -0.25) is 4.79 Å². The molecule has 1 aromatic carbocycles. The number of anilines is 1. The molecule has 0 fully saturated rings. The van der Waals surface area contributed by atoms with Gasteiger partial charge in [0.05, 0.1) is 24.7 Å². The quantitative estimate of drug-likeness (QED) is 0.693. The van der Waals surface area contributed by atoms with Crippen molar-refractivity contribution in [1.29, 1.82) is 5.26 Å². The molecule has 1 rings (SSSR count). The molecule has 0 spiro atoms. The summed E-state index contributed by atoms with van der Waals surface area (Å²) in [7, 11) is 1.56. The molecule has 23 heavy (non-hydrogen) atoms. The third kappa shape index (κ3) is 5.60. The molecule has 1 aromatic rings. The molecule has 0 aliphatic rings. The number of nitrogens with zero attached hydrogens (tertiary/aromatic N) is 2. The lowest BCUT2D eigenvalue weighted by atomic mass is 10.1. The molecule has 0 saturated heterocycles. The van der Waals surface area contributed by atoms with E-state index in [2.05, 4.69) is 5.32 Å². The summed E-state index contributed by atoms with van der Waals surface area (Å²) in [6.45, 7) is 2.01. The molecular weight excluding hydrogens is 298 g/mol. The van der Waals surface area contributed by atoms with Crippen LogP contribution in [0.15, 0.2) is 24.3 Å². The molecule has 0 saturated carbocycles. The van der Waals surface area contributed by atoms with Gasteiger partial charge in [-0.1, -0.05) is 12.1 Å². The summed E-state index contributed by atoms with van der Waals surface area (Å²) in [5, 5.41) is 20.3. The maximum absolute atomic E-state index is 12.2. The van der Waals surface area contributed by atoms with Gasteiger partial charge in [0, 0.05) is 25.8 Å². The van der Waals surface area contributed by atoms with Gasteiger partial charge in [-0.15, -0.1) is 0 Å². The Kier molecular flexibility index (Phi) is 7.57. The second kappa shape index (κ2) is 9.43. The van der Waals surface area contributed by atoms with Crippen molar-refractivity contribution in [2.45, 2.75) is 19.4 Å². The zero-order chi connectivity index (χ0) is 17.2. The van der Waals surface area contributed by atoms with Gasteiger partial charge < -0.3 is 20.1 Å². The highest BCUT2D eigenvalue weighted by molar-refractivity contribution is 5.97. The van der Waals surface area contributed by atoms with Crippen LogP contribution >= 0.6 is 0 Å². The molecule has 0 aliphatic carbocycles. The van der Waals surface area contributed by atoms with Crippen LogP contribution in [0.3, 0.4) is 0 Å². The normalized spacial score (nSPS) is 11.2. The van der Waals surface area contributed by atoms with E-state index in [4.69, 9.17) is 15.1 Å². The summed E-state index contributed by atoms with van der Waals surface area (Å²) in [6, 6.07) is 8.67. The highest BCUT2D eigenvalue weighted by Crippen LogP contribution is 2.17. The Morgan fingerprint density at radius 1 is 1.43 bits per heavy atom. The molecule has 7 heteroatoms. The number of para-hydroxylation sites is 1. The predicted molar refractivity (Wildman–Crippen MR) is 84.8 cm³/mol. The molecular formula is C16H21N3O4. The van der Waals surface area contributed by atoms with Gasteiger partial charge in [-0.25, -0.2) is 4.79 Å². The van der Waals surface area contributed by atoms with E-state index in [1.54, 1.807) is 31.3 Å². The summed E-state index contributed by atoms with van der Waals surface area (Å²) in [5.41, 5.74) is 0.823. The molecule has 0 bridgehead atoms.